The third kappa shape index (κ3) is 3.43. The molecule has 0 amide bonds. The number of benzene rings is 1. The van der Waals surface area contributed by atoms with Crippen molar-refractivity contribution in [2.75, 3.05) is 14.2 Å². The monoisotopic (exact) mass is 290 g/mol. The van der Waals surface area contributed by atoms with Crippen molar-refractivity contribution in [2.45, 2.75) is 0 Å². The summed E-state index contributed by atoms with van der Waals surface area (Å²) in [6, 6.07) is 6.02. The summed E-state index contributed by atoms with van der Waals surface area (Å²) in [5.41, 5.74) is -0.119. The van der Waals surface area contributed by atoms with Crippen LogP contribution >= 0.6 is 19.2 Å². The van der Waals surface area contributed by atoms with Crippen molar-refractivity contribution in [3.05, 3.63) is 46.9 Å². The molecule has 5 nitrogen and oxygen atoms in total. The summed E-state index contributed by atoms with van der Waals surface area (Å²) >= 11 is 5.69. The summed E-state index contributed by atoms with van der Waals surface area (Å²) in [6.45, 7) is 3.37. The summed E-state index contributed by atoms with van der Waals surface area (Å²) in [5, 5.41) is 0.491. The first-order valence-corrected chi connectivity index (χ1v) is 6.73. The van der Waals surface area contributed by atoms with Crippen molar-refractivity contribution in [3.8, 4) is 0 Å². The Hall–Kier alpha value is -1.13. The van der Waals surface area contributed by atoms with Crippen LogP contribution in [0.3, 0.4) is 0 Å². The Morgan fingerprint density at radius 2 is 1.72 bits per heavy atom. The third-order valence-electron chi connectivity index (χ3n) is 2.08. The lowest BCUT2D eigenvalue weighted by Gasteiger charge is -2.15. The zero-order chi connectivity index (χ0) is 13.8. The molecule has 0 spiro atoms. The number of rotatable bonds is 5. The van der Waals surface area contributed by atoms with Gasteiger partial charge in [0.2, 0.25) is 5.50 Å². The van der Waals surface area contributed by atoms with E-state index in [1.807, 2.05) is 0 Å². The topological polar surface area (TPSA) is 61.8 Å². The van der Waals surface area contributed by atoms with Crippen LogP contribution in [0.25, 0.3) is 0 Å². The number of carbonyl (C=O) groups is 1. The van der Waals surface area contributed by atoms with Crippen LogP contribution in [0.1, 0.15) is 10.4 Å². The standard InChI is InChI=1S/C11H12ClO5P/c1-8(18(14,15-2)16-3)17-11(13)9-4-6-10(12)7-5-9/h4-7H,1H2,2-3H3. The van der Waals surface area contributed by atoms with Gasteiger partial charge < -0.3 is 13.8 Å². The maximum atomic E-state index is 11.8. The van der Waals surface area contributed by atoms with Crippen LogP contribution in [0.5, 0.6) is 0 Å². The van der Waals surface area contributed by atoms with E-state index in [4.69, 9.17) is 16.3 Å². The van der Waals surface area contributed by atoms with Gasteiger partial charge in [-0.25, -0.2) is 4.79 Å². The first-order valence-electron chi connectivity index (χ1n) is 4.81. The summed E-state index contributed by atoms with van der Waals surface area (Å²) in [7, 11) is -1.28. The van der Waals surface area contributed by atoms with Crippen molar-refractivity contribution in [1.82, 2.24) is 0 Å². The molecule has 0 bridgehead atoms. The molecule has 1 rings (SSSR count). The van der Waals surface area contributed by atoms with Gasteiger partial charge >= 0.3 is 13.6 Å². The highest BCUT2D eigenvalue weighted by Gasteiger charge is 2.30. The smallest absolute Gasteiger partial charge is 0.395 e. The molecule has 0 saturated carbocycles. The first kappa shape index (κ1) is 14.9. The van der Waals surface area contributed by atoms with Gasteiger partial charge in [-0.15, -0.1) is 0 Å². The van der Waals surface area contributed by atoms with Crippen molar-refractivity contribution in [2.24, 2.45) is 0 Å². The van der Waals surface area contributed by atoms with E-state index in [9.17, 15) is 9.36 Å². The van der Waals surface area contributed by atoms with E-state index >= 15 is 0 Å². The lowest BCUT2D eigenvalue weighted by molar-refractivity contribution is 0.0633. The van der Waals surface area contributed by atoms with Gasteiger partial charge in [0.15, 0.2) is 0 Å². The number of ether oxygens (including phenoxy) is 1. The first-order chi connectivity index (χ1) is 8.42. The van der Waals surface area contributed by atoms with Gasteiger partial charge in [-0.2, -0.15) is 0 Å². The minimum absolute atomic E-state index is 0.249. The van der Waals surface area contributed by atoms with E-state index in [-0.39, 0.29) is 11.1 Å². The van der Waals surface area contributed by atoms with Crippen LogP contribution in [0, 0.1) is 0 Å². The SMILES string of the molecule is C=C(OC(=O)c1ccc(Cl)cc1)P(=O)(OC)OC. The summed E-state index contributed by atoms with van der Waals surface area (Å²) in [5.74, 6) is -0.717. The lowest BCUT2D eigenvalue weighted by atomic mass is 10.2. The maximum Gasteiger partial charge on any atom is 0.395 e. The molecule has 0 atom stereocenters. The van der Waals surface area contributed by atoms with Crippen LogP contribution in [0.2, 0.25) is 5.02 Å². The number of halogens is 1. The Bertz CT molecular complexity index is 489. The molecule has 0 aliphatic carbocycles. The predicted octanol–water partition coefficient (Wildman–Crippen LogP) is 3.45. The Kier molecular flexibility index (Phi) is 5.11. The van der Waals surface area contributed by atoms with Crippen molar-refractivity contribution < 1.29 is 23.1 Å². The Morgan fingerprint density at radius 3 is 2.17 bits per heavy atom. The molecule has 0 radical (unpaired) electrons. The molecule has 7 heteroatoms. The largest absolute Gasteiger partial charge is 0.415 e. The number of hydrogen-bond donors (Lipinski definition) is 0. The average Bonchev–Trinajstić information content (AvgIpc) is 2.38. The summed E-state index contributed by atoms with van der Waals surface area (Å²) < 4.78 is 25.9. The quantitative estimate of drug-likeness (QED) is 0.472. The van der Waals surface area contributed by atoms with Crippen LogP contribution in [-0.2, 0) is 18.3 Å². The van der Waals surface area contributed by atoms with Gasteiger partial charge in [-0.3, -0.25) is 4.57 Å². The van der Waals surface area contributed by atoms with Gasteiger partial charge in [0, 0.05) is 19.2 Å². The number of carbonyl (C=O) groups excluding carboxylic acids is 1. The van der Waals surface area contributed by atoms with Crippen molar-refractivity contribution in [3.63, 3.8) is 0 Å². The molecule has 0 N–H and O–H groups in total. The molecule has 0 unspecified atom stereocenters. The molecular formula is C11H12ClO5P. The Morgan fingerprint density at radius 1 is 1.22 bits per heavy atom. The van der Waals surface area contributed by atoms with E-state index in [0.29, 0.717) is 5.02 Å². The summed E-state index contributed by atoms with van der Waals surface area (Å²) in [4.78, 5) is 11.7. The molecule has 1 aromatic rings. The van der Waals surface area contributed by atoms with Crippen LogP contribution in [-0.4, -0.2) is 20.2 Å². The van der Waals surface area contributed by atoms with Gasteiger partial charge in [-0.1, -0.05) is 11.6 Å². The fraction of sp³-hybridized carbons (Fsp3) is 0.182. The van der Waals surface area contributed by atoms with Gasteiger partial charge in [-0.05, 0) is 30.8 Å². The molecular weight excluding hydrogens is 279 g/mol. The van der Waals surface area contributed by atoms with Gasteiger partial charge in [0.1, 0.15) is 0 Å². The highest BCUT2D eigenvalue weighted by Crippen LogP contribution is 2.54. The van der Waals surface area contributed by atoms with Gasteiger partial charge in [0.05, 0.1) is 5.56 Å². The fourth-order valence-electron chi connectivity index (χ4n) is 1.09. The van der Waals surface area contributed by atoms with Crippen LogP contribution < -0.4 is 0 Å². The fourth-order valence-corrected chi connectivity index (χ4v) is 1.96. The van der Waals surface area contributed by atoms with E-state index in [1.54, 1.807) is 0 Å². The van der Waals surface area contributed by atoms with Crippen LogP contribution in [0.15, 0.2) is 36.3 Å². The Labute approximate surface area is 110 Å². The van der Waals surface area contributed by atoms with E-state index in [0.717, 1.165) is 0 Å². The number of hydrogen-bond acceptors (Lipinski definition) is 5. The molecule has 0 saturated heterocycles. The highest BCUT2D eigenvalue weighted by atomic mass is 35.5. The van der Waals surface area contributed by atoms with Crippen LogP contribution in [0.4, 0.5) is 0 Å². The molecule has 0 heterocycles. The zero-order valence-electron chi connectivity index (χ0n) is 9.88. The van der Waals surface area contributed by atoms with Crippen molar-refractivity contribution >= 4 is 25.2 Å². The predicted molar refractivity (Wildman–Crippen MR) is 67.6 cm³/mol. The molecule has 1 aromatic carbocycles. The molecule has 0 aromatic heterocycles. The average molecular weight is 291 g/mol. The second-order valence-corrected chi connectivity index (χ2v) is 5.81. The van der Waals surface area contributed by atoms with Crippen molar-refractivity contribution in [1.29, 1.82) is 0 Å². The lowest BCUT2D eigenvalue weighted by Crippen LogP contribution is -2.06. The highest BCUT2D eigenvalue weighted by molar-refractivity contribution is 7.58. The molecule has 0 aliphatic rings. The maximum absolute atomic E-state index is 11.8. The minimum atomic E-state index is -3.62. The third-order valence-corrected chi connectivity index (χ3v) is 3.99. The second kappa shape index (κ2) is 6.16. The zero-order valence-corrected chi connectivity index (χ0v) is 11.5. The van der Waals surface area contributed by atoms with E-state index in [2.05, 4.69) is 15.6 Å². The number of esters is 1. The van der Waals surface area contributed by atoms with Gasteiger partial charge in [0.25, 0.3) is 0 Å². The summed E-state index contributed by atoms with van der Waals surface area (Å²) in [6.07, 6.45) is 0. The second-order valence-electron chi connectivity index (χ2n) is 3.15. The van der Waals surface area contributed by atoms with E-state index < -0.39 is 13.6 Å². The molecule has 0 aliphatic heterocycles. The minimum Gasteiger partial charge on any atom is -0.415 e. The normalized spacial score (nSPS) is 11.1. The van der Waals surface area contributed by atoms with E-state index in [1.165, 1.54) is 38.5 Å². The molecule has 0 fully saturated rings. The Balaban J connectivity index is 2.80. The molecule has 98 valence electrons. The molecule has 18 heavy (non-hydrogen) atoms.